The Morgan fingerprint density at radius 3 is 3.08 bits per heavy atom. The fraction of sp³-hybridized carbons (Fsp3) is 0.455. The fourth-order valence-corrected chi connectivity index (χ4v) is 1.88. The molecule has 70 valence electrons. The summed E-state index contributed by atoms with van der Waals surface area (Å²) in [7, 11) is 2.00. The predicted molar refractivity (Wildman–Crippen MR) is 53.1 cm³/mol. The van der Waals surface area contributed by atoms with Gasteiger partial charge in [-0.1, -0.05) is 18.2 Å². The van der Waals surface area contributed by atoms with Gasteiger partial charge >= 0.3 is 0 Å². The first kappa shape index (κ1) is 8.57. The zero-order valence-electron chi connectivity index (χ0n) is 8.13. The van der Waals surface area contributed by atoms with Gasteiger partial charge in [0, 0.05) is 18.0 Å². The van der Waals surface area contributed by atoms with Crippen LogP contribution in [0, 0.1) is 6.92 Å². The quantitative estimate of drug-likeness (QED) is 0.708. The summed E-state index contributed by atoms with van der Waals surface area (Å²) in [6.45, 7) is 2.92. The molecular weight excluding hydrogens is 162 g/mol. The van der Waals surface area contributed by atoms with Crippen molar-refractivity contribution in [3.8, 4) is 5.75 Å². The number of nitrogens with one attached hydrogen (secondary N) is 1. The Kier molecular flexibility index (Phi) is 2.23. The maximum atomic E-state index is 5.65. The topological polar surface area (TPSA) is 21.3 Å². The fourth-order valence-electron chi connectivity index (χ4n) is 1.88. The van der Waals surface area contributed by atoms with Gasteiger partial charge in [-0.3, -0.25) is 0 Å². The highest BCUT2D eigenvalue weighted by Gasteiger charge is 2.20. The molecule has 1 aromatic carbocycles. The van der Waals surface area contributed by atoms with E-state index in [-0.39, 0.29) is 0 Å². The van der Waals surface area contributed by atoms with E-state index in [0.29, 0.717) is 6.04 Å². The van der Waals surface area contributed by atoms with Crippen molar-refractivity contribution in [2.45, 2.75) is 19.4 Å². The zero-order chi connectivity index (χ0) is 9.26. The van der Waals surface area contributed by atoms with Gasteiger partial charge < -0.3 is 10.1 Å². The Balaban J connectivity index is 2.45. The molecule has 0 saturated carbocycles. The van der Waals surface area contributed by atoms with E-state index in [1.807, 2.05) is 7.05 Å². The highest BCUT2D eigenvalue weighted by Crippen LogP contribution is 2.33. The number of aryl methyl sites for hydroxylation is 1. The molecule has 0 bridgehead atoms. The van der Waals surface area contributed by atoms with Crippen molar-refractivity contribution in [2.24, 2.45) is 0 Å². The summed E-state index contributed by atoms with van der Waals surface area (Å²) < 4.78 is 5.65. The van der Waals surface area contributed by atoms with E-state index < -0.39 is 0 Å². The van der Waals surface area contributed by atoms with Crippen LogP contribution in [-0.2, 0) is 0 Å². The first-order valence-corrected chi connectivity index (χ1v) is 4.72. The monoisotopic (exact) mass is 177 g/mol. The summed E-state index contributed by atoms with van der Waals surface area (Å²) in [6.07, 6.45) is 1.06. The Morgan fingerprint density at radius 1 is 1.46 bits per heavy atom. The average Bonchev–Trinajstić information content (AvgIpc) is 2.18. The van der Waals surface area contributed by atoms with Gasteiger partial charge in [0.25, 0.3) is 0 Å². The van der Waals surface area contributed by atoms with Crippen LogP contribution in [0.5, 0.6) is 5.75 Å². The van der Waals surface area contributed by atoms with Crippen molar-refractivity contribution in [2.75, 3.05) is 13.7 Å². The third kappa shape index (κ3) is 1.42. The second-order valence-corrected chi connectivity index (χ2v) is 3.47. The molecule has 0 saturated heterocycles. The second kappa shape index (κ2) is 3.38. The van der Waals surface area contributed by atoms with E-state index in [9.17, 15) is 0 Å². The number of hydrogen-bond donors (Lipinski definition) is 1. The van der Waals surface area contributed by atoms with Gasteiger partial charge in [-0.05, 0) is 19.5 Å². The van der Waals surface area contributed by atoms with Crippen LogP contribution < -0.4 is 10.1 Å². The summed E-state index contributed by atoms with van der Waals surface area (Å²) in [5.74, 6) is 1.08. The Morgan fingerprint density at radius 2 is 2.31 bits per heavy atom. The largest absolute Gasteiger partial charge is 0.493 e. The molecule has 0 aliphatic carbocycles. The van der Waals surface area contributed by atoms with Crippen LogP contribution in [-0.4, -0.2) is 13.7 Å². The number of para-hydroxylation sites is 1. The molecule has 1 unspecified atom stereocenters. The smallest absolute Gasteiger partial charge is 0.126 e. The number of benzene rings is 1. The van der Waals surface area contributed by atoms with Crippen molar-refractivity contribution < 1.29 is 4.74 Å². The van der Waals surface area contributed by atoms with Gasteiger partial charge in [0.1, 0.15) is 5.75 Å². The molecule has 1 atom stereocenters. The third-order valence-electron chi connectivity index (χ3n) is 2.62. The normalized spacial score (nSPS) is 20.6. The molecular formula is C11H15NO. The van der Waals surface area contributed by atoms with Crippen molar-refractivity contribution in [3.05, 3.63) is 29.3 Å². The molecule has 1 aliphatic rings. The van der Waals surface area contributed by atoms with Crippen LogP contribution in [0.4, 0.5) is 0 Å². The van der Waals surface area contributed by atoms with Gasteiger partial charge in [-0.25, -0.2) is 0 Å². The number of hydrogen-bond acceptors (Lipinski definition) is 2. The standard InChI is InChI=1S/C11H15NO/c1-8-4-3-5-9-10(12-2)6-7-13-11(8)9/h3-5,10,12H,6-7H2,1-2H3. The second-order valence-electron chi connectivity index (χ2n) is 3.47. The van der Waals surface area contributed by atoms with E-state index in [1.165, 1.54) is 11.1 Å². The SMILES string of the molecule is CNC1CCOc2c(C)cccc21. The van der Waals surface area contributed by atoms with Gasteiger partial charge in [0.05, 0.1) is 6.61 Å². The van der Waals surface area contributed by atoms with E-state index in [0.717, 1.165) is 18.8 Å². The lowest BCUT2D eigenvalue weighted by molar-refractivity contribution is 0.255. The Labute approximate surface area is 78.9 Å². The average molecular weight is 177 g/mol. The third-order valence-corrected chi connectivity index (χ3v) is 2.62. The van der Waals surface area contributed by atoms with Crippen molar-refractivity contribution >= 4 is 0 Å². The van der Waals surface area contributed by atoms with Crippen LogP contribution in [0.25, 0.3) is 0 Å². The number of rotatable bonds is 1. The van der Waals surface area contributed by atoms with E-state index in [1.54, 1.807) is 0 Å². The van der Waals surface area contributed by atoms with E-state index in [4.69, 9.17) is 4.74 Å². The van der Waals surface area contributed by atoms with Crippen molar-refractivity contribution in [1.29, 1.82) is 0 Å². The molecule has 1 heterocycles. The molecule has 1 aromatic rings. The van der Waals surface area contributed by atoms with E-state index >= 15 is 0 Å². The predicted octanol–water partition coefficient (Wildman–Crippen LogP) is 2.04. The zero-order valence-corrected chi connectivity index (χ0v) is 8.13. The minimum atomic E-state index is 0.462. The highest BCUT2D eigenvalue weighted by atomic mass is 16.5. The lowest BCUT2D eigenvalue weighted by atomic mass is 9.98. The first-order valence-electron chi connectivity index (χ1n) is 4.72. The summed E-state index contributed by atoms with van der Waals surface area (Å²) in [6, 6.07) is 6.79. The van der Waals surface area contributed by atoms with Crippen LogP contribution in [0.2, 0.25) is 0 Å². The molecule has 13 heavy (non-hydrogen) atoms. The van der Waals surface area contributed by atoms with Gasteiger partial charge in [0.2, 0.25) is 0 Å². The van der Waals surface area contributed by atoms with E-state index in [2.05, 4.69) is 30.4 Å². The number of ether oxygens (including phenoxy) is 1. The number of fused-ring (bicyclic) bond motifs is 1. The van der Waals surface area contributed by atoms with Gasteiger partial charge in [-0.2, -0.15) is 0 Å². The molecule has 0 spiro atoms. The molecule has 2 heteroatoms. The molecule has 0 amide bonds. The van der Waals surface area contributed by atoms with Gasteiger partial charge in [-0.15, -0.1) is 0 Å². The minimum absolute atomic E-state index is 0.462. The van der Waals surface area contributed by atoms with Gasteiger partial charge in [0.15, 0.2) is 0 Å². The molecule has 0 aromatic heterocycles. The lowest BCUT2D eigenvalue weighted by Gasteiger charge is -2.26. The molecule has 0 fully saturated rings. The summed E-state index contributed by atoms with van der Waals surface area (Å²) in [5.41, 5.74) is 2.53. The molecule has 1 aliphatic heterocycles. The molecule has 2 nitrogen and oxygen atoms in total. The van der Waals surface area contributed by atoms with Crippen LogP contribution in [0.15, 0.2) is 18.2 Å². The summed E-state index contributed by atoms with van der Waals surface area (Å²) in [5, 5.41) is 3.31. The Bertz CT molecular complexity index is 309. The molecule has 2 rings (SSSR count). The minimum Gasteiger partial charge on any atom is -0.493 e. The Hall–Kier alpha value is -1.02. The summed E-state index contributed by atoms with van der Waals surface area (Å²) >= 11 is 0. The van der Waals surface area contributed by atoms with Crippen LogP contribution >= 0.6 is 0 Å². The lowest BCUT2D eigenvalue weighted by Crippen LogP contribution is -2.24. The van der Waals surface area contributed by atoms with Crippen LogP contribution in [0.1, 0.15) is 23.6 Å². The summed E-state index contributed by atoms with van der Waals surface area (Å²) in [4.78, 5) is 0. The molecule has 0 radical (unpaired) electrons. The maximum absolute atomic E-state index is 5.65. The maximum Gasteiger partial charge on any atom is 0.126 e. The highest BCUT2D eigenvalue weighted by molar-refractivity contribution is 5.43. The first-order chi connectivity index (χ1) is 6.33. The molecule has 1 N–H and O–H groups in total. The van der Waals surface area contributed by atoms with Crippen molar-refractivity contribution in [1.82, 2.24) is 5.32 Å². The van der Waals surface area contributed by atoms with Crippen molar-refractivity contribution in [3.63, 3.8) is 0 Å². The van der Waals surface area contributed by atoms with Crippen LogP contribution in [0.3, 0.4) is 0 Å².